The van der Waals surface area contributed by atoms with E-state index in [2.05, 4.69) is 0 Å². The van der Waals surface area contributed by atoms with Gasteiger partial charge in [-0.25, -0.2) is 0 Å². The zero-order valence-corrected chi connectivity index (χ0v) is 11.8. The fraction of sp³-hybridized carbons (Fsp3) is 0.500. The smallest absolute Gasteiger partial charge is 0.297 e. The molecule has 0 aliphatic heterocycles. The van der Waals surface area contributed by atoms with Gasteiger partial charge in [0.25, 0.3) is 10.1 Å². The molecule has 1 saturated carbocycles. The molecule has 104 valence electrons. The summed E-state index contributed by atoms with van der Waals surface area (Å²) in [5, 5.41) is 0. The third-order valence-electron chi connectivity index (χ3n) is 3.30. The Balaban J connectivity index is 2.16. The molecular weight excluding hydrogens is 264 g/mol. The minimum absolute atomic E-state index is 0.104. The summed E-state index contributed by atoms with van der Waals surface area (Å²) in [6.07, 6.45) is 2.70. The SMILES string of the molecule is Cc1ccc(S(=O)(=O)OC2CCCCCC2=O)cc1. The van der Waals surface area contributed by atoms with Crippen molar-refractivity contribution >= 4 is 15.9 Å². The average molecular weight is 282 g/mol. The molecule has 0 spiro atoms. The molecule has 0 bridgehead atoms. The lowest BCUT2D eigenvalue weighted by atomic mass is 10.1. The quantitative estimate of drug-likeness (QED) is 0.631. The predicted octanol–water partition coefficient (Wildman–Crippen LogP) is 2.60. The third kappa shape index (κ3) is 3.64. The van der Waals surface area contributed by atoms with Crippen LogP contribution in [0.1, 0.15) is 37.7 Å². The normalized spacial score (nSPS) is 21.1. The molecule has 2 rings (SSSR count). The van der Waals surface area contributed by atoms with Gasteiger partial charge < -0.3 is 0 Å². The number of ketones is 1. The van der Waals surface area contributed by atoms with Crippen LogP contribution in [0, 0.1) is 6.92 Å². The van der Waals surface area contributed by atoms with Gasteiger partial charge in [-0.15, -0.1) is 0 Å². The zero-order chi connectivity index (χ0) is 13.9. The lowest BCUT2D eigenvalue weighted by Crippen LogP contribution is -2.26. The van der Waals surface area contributed by atoms with E-state index in [1.165, 1.54) is 12.1 Å². The lowest BCUT2D eigenvalue weighted by molar-refractivity contribution is -0.125. The van der Waals surface area contributed by atoms with E-state index < -0.39 is 16.2 Å². The second kappa shape index (κ2) is 5.84. The van der Waals surface area contributed by atoms with E-state index in [-0.39, 0.29) is 10.7 Å². The van der Waals surface area contributed by atoms with Gasteiger partial charge >= 0.3 is 0 Å². The number of rotatable bonds is 3. The van der Waals surface area contributed by atoms with Crippen molar-refractivity contribution in [2.45, 2.75) is 50.0 Å². The standard InChI is InChI=1S/C14H18O4S/c1-11-7-9-12(10-8-11)19(16,17)18-14-6-4-2-3-5-13(14)15/h7-10,14H,2-6H2,1H3. The summed E-state index contributed by atoms with van der Waals surface area (Å²) in [5.74, 6) is -0.104. The summed E-state index contributed by atoms with van der Waals surface area (Å²) in [4.78, 5) is 11.9. The summed E-state index contributed by atoms with van der Waals surface area (Å²) in [5.41, 5.74) is 0.976. The zero-order valence-electron chi connectivity index (χ0n) is 11.0. The first-order chi connectivity index (χ1) is 8.99. The van der Waals surface area contributed by atoms with Crippen LogP contribution >= 0.6 is 0 Å². The van der Waals surface area contributed by atoms with Gasteiger partial charge in [0.2, 0.25) is 0 Å². The Labute approximate surface area is 113 Å². The predicted molar refractivity (Wildman–Crippen MR) is 71.3 cm³/mol. The topological polar surface area (TPSA) is 60.4 Å². The van der Waals surface area contributed by atoms with Crippen LogP contribution in [0.25, 0.3) is 0 Å². The Bertz CT molecular complexity index is 545. The van der Waals surface area contributed by atoms with Gasteiger partial charge in [0.05, 0.1) is 4.90 Å². The van der Waals surface area contributed by atoms with E-state index in [1.807, 2.05) is 6.92 Å². The summed E-state index contributed by atoms with van der Waals surface area (Å²) >= 11 is 0. The van der Waals surface area contributed by atoms with Gasteiger partial charge in [0.15, 0.2) is 5.78 Å². The van der Waals surface area contributed by atoms with E-state index in [1.54, 1.807) is 12.1 Å². The van der Waals surface area contributed by atoms with Gasteiger partial charge in [0, 0.05) is 6.42 Å². The molecule has 1 aromatic rings. The molecule has 1 aliphatic carbocycles. The molecule has 1 atom stereocenters. The Hall–Kier alpha value is -1.20. The molecule has 0 amide bonds. The fourth-order valence-corrected chi connectivity index (χ4v) is 3.23. The summed E-state index contributed by atoms with van der Waals surface area (Å²) in [7, 11) is -3.85. The summed E-state index contributed by atoms with van der Waals surface area (Å²) < 4.78 is 29.3. The Morgan fingerprint density at radius 1 is 1.11 bits per heavy atom. The molecule has 5 heteroatoms. The van der Waals surface area contributed by atoms with Crippen molar-refractivity contribution < 1.29 is 17.4 Å². The molecule has 4 nitrogen and oxygen atoms in total. The molecule has 1 fully saturated rings. The molecule has 0 saturated heterocycles. The van der Waals surface area contributed by atoms with Crippen molar-refractivity contribution in [3.05, 3.63) is 29.8 Å². The number of carbonyl (C=O) groups excluding carboxylic acids is 1. The number of hydrogen-bond acceptors (Lipinski definition) is 4. The van der Waals surface area contributed by atoms with E-state index in [4.69, 9.17) is 4.18 Å². The van der Waals surface area contributed by atoms with Crippen LogP contribution in [0.2, 0.25) is 0 Å². The highest BCUT2D eigenvalue weighted by molar-refractivity contribution is 7.86. The Kier molecular flexibility index (Phi) is 4.37. The van der Waals surface area contributed by atoms with Gasteiger partial charge in [-0.05, 0) is 31.9 Å². The van der Waals surface area contributed by atoms with Crippen LogP contribution in [0.15, 0.2) is 29.2 Å². The first-order valence-electron chi connectivity index (χ1n) is 6.52. The number of carbonyl (C=O) groups is 1. The molecule has 1 unspecified atom stereocenters. The molecule has 0 radical (unpaired) electrons. The van der Waals surface area contributed by atoms with Crippen molar-refractivity contribution in [2.24, 2.45) is 0 Å². The van der Waals surface area contributed by atoms with Crippen molar-refractivity contribution in [3.63, 3.8) is 0 Å². The average Bonchev–Trinajstić information content (AvgIpc) is 2.55. The molecule has 1 aromatic carbocycles. The number of benzene rings is 1. The van der Waals surface area contributed by atoms with Crippen LogP contribution in [-0.2, 0) is 19.1 Å². The Morgan fingerprint density at radius 3 is 2.47 bits per heavy atom. The summed E-state index contributed by atoms with van der Waals surface area (Å²) in [6, 6.07) is 6.44. The lowest BCUT2D eigenvalue weighted by Gasteiger charge is -2.14. The number of hydrogen-bond donors (Lipinski definition) is 0. The Morgan fingerprint density at radius 2 is 1.79 bits per heavy atom. The first kappa shape index (κ1) is 14.2. The van der Waals surface area contributed by atoms with Crippen molar-refractivity contribution in [1.29, 1.82) is 0 Å². The van der Waals surface area contributed by atoms with Crippen molar-refractivity contribution in [3.8, 4) is 0 Å². The highest BCUT2D eigenvalue weighted by Gasteiger charge is 2.28. The number of Topliss-reactive ketones (excluding diaryl/α,β-unsaturated/α-hetero) is 1. The number of aryl methyl sites for hydroxylation is 1. The molecule has 1 aliphatic rings. The highest BCUT2D eigenvalue weighted by Crippen LogP contribution is 2.22. The maximum Gasteiger partial charge on any atom is 0.297 e. The van der Waals surface area contributed by atoms with Gasteiger partial charge in [0.1, 0.15) is 6.10 Å². The van der Waals surface area contributed by atoms with Crippen LogP contribution < -0.4 is 0 Å². The maximum atomic E-state index is 12.1. The molecule has 0 N–H and O–H groups in total. The maximum absolute atomic E-state index is 12.1. The van der Waals surface area contributed by atoms with Crippen LogP contribution in [0.4, 0.5) is 0 Å². The molecular formula is C14H18O4S. The van der Waals surface area contributed by atoms with Crippen molar-refractivity contribution in [1.82, 2.24) is 0 Å². The van der Waals surface area contributed by atoms with E-state index in [0.717, 1.165) is 24.8 Å². The van der Waals surface area contributed by atoms with Gasteiger partial charge in [-0.2, -0.15) is 8.42 Å². The van der Waals surface area contributed by atoms with Crippen molar-refractivity contribution in [2.75, 3.05) is 0 Å². The second-order valence-corrected chi connectivity index (χ2v) is 6.49. The monoisotopic (exact) mass is 282 g/mol. The largest absolute Gasteiger partial charge is 0.297 e. The van der Waals surface area contributed by atoms with Crippen LogP contribution in [-0.4, -0.2) is 20.3 Å². The molecule has 0 aromatic heterocycles. The van der Waals surface area contributed by atoms with Crippen LogP contribution in [0.3, 0.4) is 0 Å². The van der Waals surface area contributed by atoms with Gasteiger partial charge in [-0.1, -0.05) is 30.5 Å². The minimum Gasteiger partial charge on any atom is -0.297 e. The fourth-order valence-electron chi connectivity index (χ4n) is 2.14. The second-order valence-electron chi connectivity index (χ2n) is 4.92. The van der Waals surface area contributed by atoms with Crippen LogP contribution in [0.5, 0.6) is 0 Å². The molecule has 0 heterocycles. The van der Waals surface area contributed by atoms with Gasteiger partial charge in [-0.3, -0.25) is 8.98 Å². The van der Waals surface area contributed by atoms with E-state index in [9.17, 15) is 13.2 Å². The third-order valence-corrected chi connectivity index (χ3v) is 4.64. The highest BCUT2D eigenvalue weighted by atomic mass is 32.2. The molecule has 19 heavy (non-hydrogen) atoms. The van der Waals surface area contributed by atoms with E-state index in [0.29, 0.717) is 12.8 Å². The first-order valence-corrected chi connectivity index (χ1v) is 7.92. The minimum atomic E-state index is -3.85. The van der Waals surface area contributed by atoms with E-state index >= 15 is 0 Å². The summed E-state index contributed by atoms with van der Waals surface area (Å²) in [6.45, 7) is 1.88.